The molecule has 0 aliphatic carbocycles. The fraction of sp³-hybridized carbons (Fsp3) is 0.133. The molecule has 3 aromatic rings. The summed E-state index contributed by atoms with van der Waals surface area (Å²) in [4.78, 5) is 2.10. The van der Waals surface area contributed by atoms with Gasteiger partial charge in [0.2, 0.25) is 0 Å². The molecule has 0 aliphatic heterocycles. The Bertz CT molecular complexity index is 783. The normalized spacial score (nSPS) is 10.8. The van der Waals surface area contributed by atoms with Gasteiger partial charge in [-0.15, -0.1) is 0 Å². The number of rotatable bonds is 2. The van der Waals surface area contributed by atoms with E-state index in [1.807, 2.05) is 14.1 Å². The molecule has 4 heteroatoms. The van der Waals surface area contributed by atoms with Crippen LogP contribution in [0.5, 0.6) is 0 Å². The number of aromatic amines is 2. The Morgan fingerprint density at radius 2 is 1.74 bits per heavy atom. The molecule has 0 spiro atoms. The molecule has 3 rings (SSSR count). The maximum atomic E-state index is 5.27. The Hall–Kier alpha value is -2.07. The highest BCUT2D eigenvalue weighted by Crippen LogP contribution is 2.26. The topological polar surface area (TPSA) is 34.8 Å². The van der Waals surface area contributed by atoms with Crippen LogP contribution >= 0.6 is 12.2 Å². The molecule has 0 atom stereocenters. The molecular weight excluding hydrogens is 254 g/mol. The van der Waals surface area contributed by atoms with Crippen LogP contribution in [0.25, 0.3) is 22.0 Å². The van der Waals surface area contributed by atoms with E-state index in [4.69, 9.17) is 12.2 Å². The van der Waals surface area contributed by atoms with E-state index < -0.39 is 0 Å². The number of fused-ring (bicyclic) bond motifs is 1. The molecule has 0 bridgehead atoms. The fourth-order valence-electron chi connectivity index (χ4n) is 2.18. The minimum absolute atomic E-state index is 0.751. The first kappa shape index (κ1) is 12.0. The predicted molar refractivity (Wildman–Crippen MR) is 83.2 cm³/mol. The molecule has 2 N–H and O–H groups in total. The molecule has 0 saturated heterocycles. The van der Waals surface area contributed by atoms with Crippen molar-refractivity contribution in [2.45, 2.75) is 0 Å². The maximum absolute atomic E-state index is 5.27. The van der Waals surface area contributed by atoms with Gasteiger partial charge in [0, 0.05) is 25.2 Å². The molecule has 0 radical (unpaired) electrons. The summed E-state index contributed by atoms with van der Waals surface area (Å²) in [6.07, 6.45) is 0. The molecule has 2 aromatic carbocycles. The summed E-state index contributed by atoms with van der Waals surface area (Å²) in [5.41, 5.74) is 4.60. The average Bonchev–Trinajstić information content (AvgIpc) is 2.80. The van der Waals surface area contributed by atoms with Crippen LogP contribution in [0.1, 0.15) is 0 Å². The van der Waals surface area contributed by atoms with Crippen LogP contribution in [-0.2, 0) is 0 Å². The first-order valence-electron chi connectivity index (χ1n) is 6.13. The molecule has 0 amide bonds. The van der Waals surface area contributed by atoms with Gasteiger partial charge in [-0.1, -0.05) is 30.4 Å². The summed E-state index contributed by atoms with van der Waals surface area (Å²) in [6.45, 7) is 0. The summed E-state index contributed by atoms with van der Waals surface area (Å²) in [5.74, 6) is 0. The van der Waals surface area contributed by atoms with E-state index in [2.05, 4.69) is 57.6 Å². The molecule has 1 heterocycles. The fourth-order valence-corrected chi connectivity index (χ4v) is 2.40. The minimum Gasteiger partial charge on any atom is -0.378 e. The van der Waals surface area contributed by atoms with Gasteiger partial charge in [0.25, 0.3) is 0 Å². The van der Waals surface area contributed by atoms with Gasteiger partial charge in [-0.2, -0.15) is 0 Å². The number of H-pyrrole nitrogens is 2. The number of nitrogens with one attached hydrogen (secondary N) is 2. The van der Waals surface area contributed by atoms with E-state index in [0.29, 0.717) is 0 Å². The van der Waals surface area contributed by atoms with Crippen molar-refractivity contribution in [3.05, 3.63) is 47.1 Å². The number of benzene rings is 2. The molecule has 3 nitrogen and oxygen atoms in total. The zero-order chi connectivity index (χ0) is 13.4. The van der Waals surface area contributed by atoms with Crippen LogP contribution < -0.4 is 4.90 Å². The third-order valence-electron chi connectivity index (χ3n) is 3.27. The van der Waals surface area contributed by atoms with Crippen molar-refractivity contribution in [1.29, 1.82) is 0 Å². The Morgan fingerprint density at radius 3 is 2.53 bits per heavy atom. The molecule has 19 heavy (non-hydrogen) atoms. The monoisotopic (exact) mass is 269 g/mol. The van der Waals surface area contributed by atoms with Gasteiger partial charge in [0.05, 0.1) is 5.52 Å². The molecular formula is C15H15N3S. The first-order chi connectivity index (χ1) is 9.15. The summed E-state index contributed by atoms with van der Waals surface area (Å²) in [5, 5.41) is 7.08. The summed E-state index contributed by atoms with van der Waals surface area (Å²) in [7, 11) is 4.09. The van der Waals surface area contributed by atoms with E-state index in [1.165, 1.54) is 16.8 Å². The number of hydrogen-bond acceptors (Lipinski definition) is 2. The second-order valence-electron chi connectivity index (χ2n) is 4.78. The summed E-state index contributed by atoms with van der Waals surface area (Å²) in [6, 6.07) is 14.8. The van der Waals surface area contributed by atoms with Gasteiger partial charge >= 0.3 is 0 Å². The molecule has 96 valence electrons. The van der Waals surface area contributed by atoms with Crippen molar-refractivity contribution in [3.8, 4) is 11.1 Å². The quantitative estimate of drug-likeness (QED) is 0.691. The van der Waals surface area contributed by atoms with Crippen LogP contribution in [0.2, 0.25) is 0 Å². The minimum atomic E-state index is 0.751. The summed E-state index contributed by atoms with van der Waals surface area (Å²) < 4.78 is 0.751. The van der Waals surface area contributed by atoms with Gasteiger partial charge in [-0.05, 0) is 35.4 Å². The van der Waals surface area contributed by atoms with Crippen LogP contribution in [0.4, 0.5) is 5.69 Å². The Labute approximate surface area is 116 Å². The van der Waals surface area contributed by atoms with E-state index in [0.717, 1.165) is 15.5 Å². The standard InChI is InChI=1S/C15H15N3S/c1-18(2)12-5-3-4-10(8-12)11-6-7-14-13(9-11)15(19)17-16-14/h3-9H,1-2H3,(H2,16,17,19). The van der Waals surface area contributed by atoms with Gasteiger partial charge in [0.15, 0.2) is 0 Å². The lowest BCUT2D eigenvalue weighted by Gasteiger charge is -2.13. The second kappa shape index (κ2) is 4.55. The highest BCUT2D eigenvalue weighted by molar-refractivity contribution is 7.71. The number of anilines is 1. The zero-order valence-electron chi connectivity index (χ0n) is 10.9. The number of nitrogens with zero attached hydrogens (tertiary/aromatic N) is 1. The Morgan fingerprint density at radius 1 is 0.947 bits per heavy atom. The first-order valence-corrected chi connectivity index (χ1v) is 6.54. The summed E-state index contributed by atoms with van der Waals surface area (Å²) >= 11 is 5.27. The van der Waals surface area contributed by atoms with Crippen molar-refractivity contribution < 1.29 is 0 Å². The number of hydrogen-bond donors (Lipinski definition) is 2. The molecule has 1 aromatic heterocycles. The number of aromatic nitrogens is 2. The van der Waals surface area contributed by atoms with E-state index in [1.54, 1.807) is 0 Å². The van der Waals surface area contributed by atoms with Gasteiger partial charge in [-0.3, -0.25) is 10.2 Å². The smallest absolute Gasteiger partial charge is 0.127 e. The van der Waals surface area contributed by atoms with E-state index >= 15 is 0 Å². The SMILES string of the molecule is CN(C)c1cccc(-c2ccc3[nH][nH]c(=S)c3c2)c1. The molecule has 0 fully saturated rings. The third-order valence-corrected chi connectivity index (χ3v) is 3.59. The lowest BCUT2D eigenvalue weighted by Crippen LogP contribution is -2.08. The van der Waals surface area contributed by atoms with Crippen molar-refractivity contribution in [3.63, 3.8) is 0 Å². The van der Waals surface area contributed by atoms with Gasteiger partial charge in [0.1, 0.15) is 4.64 Å². The van der Waals surface area contributed by atoms with Crippen molar-refractivity contribution in [2.75, 3.05) is 19.0 Å². The largest absolute Gasteiger partial charge is 0.378 e. The van der Waals surface area contributed by atoms with E-state index in [9.17, 15) is 0 Å². The zero-order valence-corrected chi connectivity index (χ0v) is 11.7. The van der Waals surface area contributed by atoms with Gasteiger partial charge < -0.3 is 4.90 Å². The predicted octanol–water partition coefficient (Wildman–Crippen LogP) is 3.96. The highest BCUT2D eigenvalue weighted by atomic mass is 32.1. The molecule has 0 saturated carbocycles. The highest BCUT2D eigenvalue weighted by Gasteiger charge is 2.04. The van der Waals surface area contributed by atoms with Crippen molar-refractivity contribution >= 4 is 28.8 Å². The lowest BCUT2D eigenvalue weighted by molar-refractivity contribution is 1.11. The molecule has 0 aliphatic rings. The van der Waals surface area contributed by atoms with Crippen LogP contribution in [-0.4, -0.2) is 24.3 Å². The van der Waals surface area contributed by atoms with Crippen molar-refractivity contribution in [1.82, 2.24) is 10.2 Å². The lowest BCUT2D eigenvalue weighted by atomic mass is 10.0. The molecule has 0 unspecified atom stereocenters. The second-order valence-corrected chi connectivity index (χ2v) is 5.19. The maximum Gasteiger partial charge on any atom is 0.127 e. The Balaban J connectivity index is 2.15. The van der Waals surface area contributed by atoms with Crippen LogP contribution in [0.15, 0.2) is 42.5 Å². The third kappa shape index (κ3) is 2.15. The van der Waals surface area contributed by atoms with Crippen LogP contribution in [0, 0.1) is 4.64 Å². The average molecular weight is 269 g/mol. The van der Waals surface area contributed by atoms with Crippen molar-refractivity contribution in [2.24, 2.45) is 0 Å². The van der Waals surface area contributed by atoms with E-state index in [-0.39, 0.29) is 0 Å². The van der Waals surface area contributed by atoms with Gasteiger partial charge in [-0.25, -0.2) is 0 Å². The van der Waals surface area contributed by atoms with Crippen LogP contribution in [0.3, 0.4) is 0 Å². The Kier molecular flexibility index (Phi) is 2.87.